The van der Waals surface area contributed by atoms with Crippen LogP contribution in [-0.2, 0) is 34.8 Å². The molecule has 0 aromatic heterocycles. The molecular weight excluding hydrogens is 386 g/mol. The van der Waals surface area contributed by atoms with Gasteiger partial charge in [0, 0.05) is 0 Å². The summed E-state index contributed by atoms with van der Waals surface area (Å²) in [4.78, 5) is 20.5. The van der Waals surface area contributed by atoms with Gasteiger partial charge in [0.15, 0.2) is 0 Å². The molecule has 112 valence electrons. The van der Waals surface area contributed by atoms with Crippen LogP contribution in [0.5, 0.6) is 0 Å². The molecule has 0 spiro atoms. The van der Waals surface area contributed by atoms with Crippen LogP contribution in [0.1, 0.15) is 0 Å². The van der Waals surface area contributed by atoms with Gasteiger partial charge in [0.25, 0.3) is 0 Å². The third kappa shape index (κ3) is 18.7. The average Bonchev–Trinajstić information content (AvgIpc) is 2.32. The molecule has 2 atom stereocenters. The van der Waals surface area contributed by atoms with E-state index in [4.69, 9.17) is 10.2 Å². The quantitative estimate of drug-likeness (QED) is 0.150. The van der Waals surface area contributed by atoms with Gasteiger partial charge in [-0.05, 0) is 0 Å². The van der Waals surface area contributed by atoms with Crippen LogP contribution in [0.15, 0.2) is 25.3 Å². The van der Waals surface area contributed by atoms with E-state index in [9.17, 15) is 9.59 Å². The Morgan fingerprint density at radius 3 is 1.18 bits per heavy atom. The second kappa shape index (κ2) is 18.0. The summed E-state index contributed by atoms with van der Waals surface area (Å²) in [5.41, 5.74) is 0. The maximum Gasteiger partial charge on any atom is 1.00 e. The Morgan fingerprint density at radius 2 is 1.14 bits per heavy atom. The minimum atomic E-state index is -1.04. The molecule has 12 heteroatoms. The topological polar surface area (TPSA) is 98.7 Å². The van der Waals surface area contributed by atoms with E-state index in [0.29, 0.717) is 0 Å². The summed E-state index contributed by atoms with van der Waals surface area (Å²) < 4.78 is 0.0691. The molecule has 0 heterocycles. The zero-order chi connectivity index (χ0) is 16.3. The molecule has 0 amide bonds. The van der Waals surface area contributed by atoms with Crippen LogP contribution in [-0.4, -0.2) is 42.9 Å². The van der Waals surface area contributed by atoms with E-state index in [2.05, 4.69) is 73.5 Å². The first-order valence-electron chi connectivity index (χ1n) is 4.81. The normalized spacial score (nSPS) is 10.5. The summed E-state index contributed by atoms with van der Waals surface area (Å²) in [6.45, 7) is 6.57. The fourth-order valence-corrected chi connectivity index (χ4v) is 1.20. The van der Waals surface area contributed by atoms with Gasteiger partial charge in [-0.15, -0.1) is 13.2 Å². The molecule has 0 saturated carbocycles. The summed E-state index contributed by atoms with van der Waals surface area (Å²) in [5.74, 6) is -2.08. The van der Waals surface area contributed by atoms with Crippen molar-refractivity contribution in [2.24, 2.45) is 0 Å². The van der Waals surface area contributed by atoms with Crippen LogP contribution in [0.3, 0.4) is 0 Å². The molecule has 0 aromatic carbocycles. The van der Waals surface area contributed by atoms with Crippen molar-refractivity contribution in [3.05, 3.63) is 25.3 Å². The Labute approximate surface area is 195 Å². The number of aliphatic carboxylic acids is 2. The maximum atomic E-state index is 10.2. The van der Waals surface area contributed by atoms with Crippen molar-refractivity contribution >= 4 is 70.3 Å². The summed E-state index contributed by atoms with van der Waals surface area (Å²) in [7, 11) is 0. The minimum absolute atomic E-state index is 0. The largest absolute Gasteiger partial charge is 1.00 e. The minimum Gasteiger partial charge on any atom is -0.479 e. The molecular formula is C10H12N2Na2O4S4. The van der Waals surface area contributed by atoms with E-state index in [0.717, 1.165) is 0 Å². The molecule has 0 aliphatic carbocycles. The molecule has 22 heavy (non-hydrogen) atoms. The summed E-state index contributed by atoms with van der Waals surface area (Å²) >= 11 is 17.8. The number of rotatable bonds is 6. The fraction of sp³-hybridized carbons (Fsp3) is 0.200. The van der Waals surface area contributed by atoms with E-state index in [1.807, 2.05) is 0 Å². The SMILES string of the molecule is C=CC(NC(=S)[S-])C(=O)O.C=CC(NC(=S)[S-])C(=O)O.[Na+].[Na+]. The zero-order valence-corrected chi connectivity index (χ0v) is 19.3. The van der Waals surface area contributed by atoms with Crippen LogP contribution in [0.2, 0.25) is 0 Å². The van der Waals surface area contributed by atoms with E-state index < -0.39 is 24.0 Å². The fourth-order valence-electron chi connectivity index (χ4n) is 0.697. The second-order valence-corrected chi connectivity index (χ2v) is 5.12. The van der Waals surface area contributed by atoms with Crippen molar-refractivity contribution in [1.29, 1.82) is 0 Å². The molecule has 0 aromatic rings. The van der Waals surface area contributed by atoms with Crippen molar-refractivity contribution in [2.45, 2.75) is 12.1 Å². The molecule has 0 fully saturated rings. The third-order valence-electron chi connectivity index (χ3n) is 1.55. The second-order valence-electron chi connectivity index (χ2n) is 2.97. The number of hydrogen-bond donors (Lipinski definition) is 4. The standard InChI is InChI=1S/2C5H7NO2S2.2Na/c2*1-2-3(4(7)8)6-5(9)10;;/h2*2-3H,1H2,(H,7,8)(H2,6,9,10);;/q;;2*+1/p-2. The van der Waals surface area contributed by atoms with Gasteiger partial charge in [-0.2, -0.15) is 0 Å². The Morgan fingerprint density at radius 1 is 0.909 bits per heavy atom. The first-order chi connectivity index (χ1) is 9.15. The molecule has 0 bridgehead atoms. The number of carboxylic acid groups (broad SMARTS) is 2. The number of nitrogens with one attached hydrogen (secondary N) is 2. The first kappa shape index (κ1) is 30.5. The number of carbonyl (C=O) groups is 2. The summed E-state index contributed by atoms with van der Waals surface area (Å²) in [6, 6.07) is -1.74. The Kier molecular flexibility index (Phi) is 24.9. The van der Waals surface area contributed by atoms with Crippen molar-refractivity contribution in [3.8, 4) is 0 Å². The summed E-state index contributed by atoms with van der Waals surface area (Å²) in [6.07, 6.45) is 2.45. The van der Waals surface area contributed by atoms with Gasteiger partial charge in [0.05, 0.1) is 0 Å². The van der Waals surface area contributed by atoms with Crippen LogP contribution < -0.4 is 69.7 Å². The van der Waals surface area contributed by atoms with Crippen LogP contribution in [0.25, 0.3) is 0 Å². The smallest absolute Gasteiger partial charge is 0.479 e. The van der Waals surface area contributed by atoms with Crippen molar-refractivity contribution < 1.29 is 78.9 Å². The van der Waals surface area contributed by atoms with Gasteiger partial charge in [-0.3, -0.25) is 0 Å². The third-order valence-corrected chi connectivity index (χ3v) is 2.02. The first-order valence-corrected chi connectivity index (χ1v) is 6.44. The number of carboxylic acids is 2. The molecule has 0 aliphatic heterocycles. The van der Waals surface area contributed by atoms with E-state index in [1.54, 1.807) is 0 Å². The number of hydrogen-bond acceptors (Lipinski definition) is 6. The van der Waals surface area contributed by atoms with Gasteiger partial charge in [-0.1, -0.05) is 20.8 Å². The van der Waals surface area contributed by atoms with Gasteiger partial charge < -0.3 is 70.5 Å². The molecule has 4 N–H and O–H groups in total. The van der Waals surface area contributed by atoms with Gasteiger partial charge >= 0.3 is 71.1 Å². The Hall–Kier alpha value is 0.640. The monoisotopic (exact) mass is 398 g/mol. The van der Waals surface area contributed by atoms with E-state index >= 15 is 0 Å². The maximum absolute atomic E-state index is 10.2. The van der Waals surface area contributed by atoms with Crippen LogP contribution >= 0.6 is 24.4 Å². The molecule has 0 radical (unpaired) electrons. The average molecular weight is 398 g/mol. The van der Waals surface area contributed by atoms with Crippen molar-refractivity contribution in [1.82, 2.24) is 10.6 Å². The summed E-state index contributed by atoms with van der Waals surface area (Å²) in [5, 5.41) is 21.5. The number of thiocarbonyl (C=S) groups is 2. The van der Waals surface area contributed by atoms with E-state index in [1.165, 1.54) is 12.2 Å². The molecule has 2 unspecified atom stereocenters. The van der Waals surface area contributed by atoms with Crippen LogP contribution in [0, 0.1) is 0 Å². The molecule has 6 nitrogen and oxygen atoms in total. The van der Waals surface area contributed by atoms with Gasteiger partial charge in [-0.25, -0.2) is 9.59 Å². The predicted octanol–water partition coefficient (Wildman–Crippen LogP) is -5.90. The van der Waals surface area contributed by atoms with Crippen molar-refractivity contribution in [2.75, 3.05) is 0 Å². The Balaban J connectivity index is -0.000000135. The van der Waals surface area contributed by atoms with Crippen LogP contribution in [0.4, 0.5) is 0 Å². The van der Waals surface area contributed by atoms with Crippen molar-refractivity contribution in [3.63, 3.8) is 0 Å². The Bertz CT molecular complexity index is 386. The molecule has 0 rings (SSSR count). The molecule has 0 saturated heterocycles. The zero-order valence-electron chi connectivity index (χ0n) is 12.1. The van der Waals surface area contributed by atoms with Gasteiger partial charge in [0.2, 0.25) is 0 Å². The predicted molar refractivity (Wildman–Crippen MR) is 89.4 cm³/mol. The molecule has 0 aliphatic rings. The van der Waals surface area contributed by atoms with Gasteiger partial charge in [0.1, 0.15) is 12.1 Å². The van der Waals surface area contributed by atoms with E-state index in [-0.39, 0.29) is 67.8 Å².